The Morgan fingerprint density at radius 3 is 1.96 bits per heavy atom. The number of hydrogen-bond acceptors (Lipinski definition) is 3. The van der Waals surface area contributed by atoms with Crippen LogP contribution in [0.15, 0.2) is 84.9 Å². The fraction of sp³-hybridized carbons (Fsp3) is 0.130. The highest BCUT2D eigenvalue weighted by Crippen LogP contribution is 2.17. The highest BCUT2D eigenvalue weighted by Gasteiger charge is 2.13. The molecule has 0 aliphatic rings. The minimum Gasteiger partial charge on any atom is -0.489 e. The molecule has 0 radical (unpaired) electrons. The Morgan fingerprint density at radius 2 is 1.32 bits per heavy atom. The number of rotatable bonds is 7. The Balaban J connectivity index is 1.42. The van der Waals surface area contributed by atoms with Crippen molar-refractivity contribution < 1.29 is 14.3 Å². The lowest BCUT2D eigenvalue weighted by Gasteiger charge is -2.09. The maximum absolute atomic E-state index is 12.0. The molecular formula is C23H22N2O3. The lowest BCUT2D eigenvalue weighted by atomic mass is 10.1. The molecule has 2 amide bonds. The molecule has 0 aromatic heterocycles. The van der Waals surface area contributed by atoms with E-state index in [4.69, 9.17) is 4.74 Å². The van der Waals surface area contributed by atoms with Gasteiger partial charge in [0.25, 0.3) is 0 Å². The molecule has 0 aliphatic heterocycles. The number of amides is 2. The SMILES string of the molecule is O=C(NCCc1ccccc1)C(=O)Nc1ccc(OCc2ccccc2)cc1. The maximum atomic E-state index is 12.0. The zero-order valence-corrected chi connectivity index (χ0v) is 15.4. The lowest BCUT2D eigenvalue weighted by molar-refractivity contribution is -0.136. The van der Waals surface area contributed by atoms with Crippen molar-refractivity contribution >= 4 is 17.5 Å². The third-order valence-electron chi connectivity index (χ3n) is 4.11. The molecular weight excluding hydrogens is 352 g/mol. The molecule has 2 N–H and O–H groups in total. The van der Waals surface area contributed by atoms with Gasteiger partial charge in [0.15, 0.2) is 0 Å². The van der Waals surface area contributed by atoms with Crippen molar-refractivity contribution in [3.8, 4) is 5.75 Å². The zero-order chi connectivity index (χ0) is 19.6. The van der Waals surface area contributed by atoms with Crippen LogP contribution in [-0.4, -0.2) is 18.4 Å². The second kappa shape index (κ2) is 9.92. The molecule has 0 saturated heterocycles. The molecule has 0 fully saturated rings. The van der Waals surface area contributed by atoms with E-state index in [1.54, 1.807) is 24.3 Å². The van der Waals surface area contributed by atoms with Gasteiger partial charge < -0.3 is 15.4 Å². The third-order valence-corrected chi connectivity index (χ3v) is 4.11. The molecule has 0 spiro atoms. The Labute approximate surface area is 164 Å². The standard InChI is InChI=1S/C23H22N2O3/c26-22(24-16-15-18-7-3-1-4-8-18)23(27)25-20-11-13-21(14-12-20)28-17-19-9-5-2-6-10-19/h1-14H,15-17H2,(H,24,26)(H,25,27). The molecule has 5 nitrogen and oxygen atoms in total. The van der Waals surface area contributed by atoms with Gasteiger partial charge in [-0.3, -0.25) is 9.59 Å². The molecule has 0 unspecified atom stereocenters. The number of carbonyl (C=O) groups excluding carboxylic acids is 2. The summed E-state index contributed by atoms with van der Waals surface area (Å²) in [7, 11) is 0. The topological polar surface area (TPSA) is 67.4 Å². The van der Waals surface area contributed by atoms with Crippen molar-refractivity contribution in [3.05, 3.63) is 96.1 Å². The van der Waals surface area contributed by atoms with Crippen LogP contribution >= 0.6 is 0 Å². The van der Waals surface area contributed by atoms with E-state index in [1.807, 2.05) is 60.7 Å². The predicted octanol–water partition coefficient (Wildman–Crippen LogP) is 3.56. The van der Waals surface area contributed by atoms with Crippen LogP contribution in [0.25, 0.3) is 0 Å². The van der Waals surface area contributed by atoms with Crippen molar-refractivity contribution in [2.75, 3.05) is 11.9 Å². The van der Waals surface area contributed by atoms with Crippen molar-refractivity contribution in [1.82, 2.24) is 5.32 Å². The van der Waals surface area contributed by atoms with Crippen LogP contribution in [0.2, 0.25) is 0 Å². The van der Waals surface area contributed by atoms with Gasteiger partial charge in [0, 0.05) is 12.2 Å². The van der Waals surface area contributed by atoms with Crippen LogP contribution in [-0.2, 0) is 22.6 Å². The molecule has 0 heterocycles. The van der Waals surface area contributed by atoms with Gasteiger partial charge in [-0.05, 0) is 41.8 Å². The number of benzene rings is 3. The average molecular weight is 374 g/mol. The first-order valence-electron chi connectivity index (χ1n) is 9.10. The van der Waals surface area contributed by atoms with Gasteiger partial charge in [-0.25, -0.2) is 0 Å². The summed E-state index contributed by atoms with van der Waals surface area (Å²) < 4.78 is 5.70. The highest BCUT2D eigenvalue weighted by atomic mass is 16.5. The largest absolute Gasteiger partial charge is 0.489 e. The first-order chi connectivity index (χ1) is 13.7. The molecule has 3 aromatic carbocycles. The Kier molecular flexibility index (Phi) is 6.79. The molecule has 28 heavy (non-hydrogen) atoms. The van der Waals surface area contributed by atoms with Crippen LogP contribution in [0.1, 0.15) is 11.1 Å². The zero-order valence-electron chi connectivity index (χ0n) is 15.4. The summed E-state index contributed by atoms with van der Waals surface area (Å²) in [5.41, 5.74) is 2.72. The molecule has 3 aromatic rings. The monoisotopic (exact) mass is 374 g/mol. The van der Waals surface area contributed by atoms with E-state index in [1.165, 1.54) is 0 Å². The number of ether oxygens (including phenoxy) is 1. The van der Waals surface area contributed by atoms with E-state index in [-0.39, 0.29) is 0 Å². The summed E-state index contributed by atoms with van der Waals surface area (Å²) in [6.45, 7) is 0.874. The quantitative estimate of drug-likeness (QED) is 0.622. The molecule has 0 aliphatic carbocycles. The first kappa shape index (κ1) is 19.2. The minimum atomic E-state index is -0.689. The smallest absolute Gasteiger partial charge is 0.313 e. The van der Waals surface area contributed by atoms with E-state index in [0.717, 1.165) is 11.1 Å². The van der Waals surface area contributed by atoms with Gasteiger partial charge in [0.1, 0.15) is 12.4 Å². The van der Waals surface area contributed by atoms with E-state index in [2.05, 4.69) is 10.6 Å². The number of anilines is 1. The van der Waals surface area contributed by atoms with E-state index in [9.17, 15) is 9.59 Å². The van der Waals surface area contributed by atoms with Crippen LogP contribution in [0, 0.1) is 0 Å². The van der Waals surface area contributed by atoms with Crippen LogP contribution in [0.4, 0.5) is 5.69 Å². The summed E-state index contributed by atoms with van der Waals surface area (Å²) in [5, 5.41) is 5.21. The summed E-state index contributed by atoms with van der Waals surface area (Å²) in [4.78, 5) is 23.9. The van der Waals surface area contributed by atoms with E-state index < -0.39 is 11.8 Å². The molecule has 0 saturated carbocycles. The fourth-order valence-corrected chi connectivity index (χ4v) is 2.61. The summed E-state index contributed by atoms with van der Waals surface area (Å²) in [6, 6.07) is 26.6. The van der Waals surface area contributed by atoms with Gasteiger partial charge in [-0.15, -0.1) is 0 Å². The van der Waals surface area contributed by atoms with Crippen molar-refractivity contribution in [3.63, 3.8) is 0 Å². The second-order valence-corrected chi connectivity index (χ2v) is 6.24. The fourth-order valence-electron chi connectivity index (χ4n) is 2.61. The van der Waals surface area contributed by atoms with E-state index >= 15 is 0 Å². The predicted molar refractivity (Wildman–Crippen MR) is 109 cm³/mol. The molecule has 0 atom stereocenters. The number of hydrogen-bond donors (Lipinski definition) is 2. The van der Waals surface area contributed by atoms with E-state index in [0.29, 0.717) is 31.0 Å². The van der Waals surface area contributed by atoms with Gasteiger partial charge >= 0.3 is 11.8 Å². The third kappa shape index (κ3) is 5.99. The first-order valence-corrected chi connectivity index (χ1v) is 9.10. The van der Waals surface area contributed by atoms with Gasteiger partial charge in [-0.2, -0.15) is 0 Å². The summed E-state index contributed by atoms with van der Waals surface area (Å²) in [5.74, 6) is -0.652. The second-order valence-electron chi connectivity index (χ2n) is 6.24. The van der Waals surface area contributed by atoms with Crippen LogP contribution in [0.3, 0.4) is 0 Å². The Bertz CT molecular complexity index is 894. The minimum absolute atomic E-state index is 0.405. The van der Waals surface area contributed by atoms with Gasteiger partial charge in [0.2, 0.25) is 0 Å². The van der Waals surface area contributed by atoms with Crippen molar-refractivity contribution in [2.24, 2.45) is 0 Å². The molecule has 3 rings (SSSR count). The van der Waals surface area contributed by atoms with Gasteiger partial charge in [-0.1, -0.05) is 60.7 Å². The normalized spacial score (nSPS) is 10.1. The van der Waals surface area contributed by atoms with Crippen LogP contribution in [0.5, 0.6) is 5.75 Å². The van der Waals surface area contributed by atoms with Crippen molar-refractivity contribution in [1.29, 1.82) is 0 Å². The van der Waals surface area contributed by atoms with Gasteiger partial charge in [0.05, 0.1) is 0 Å². The molecule has 142 valence electrons. The maximum Gasteiger partial charge on any atom is 0.313 e. The van der Waals surface area contributed by atoms with Crippen molar-refractivity contribution in [2.45, 2.75) is 13.0 Å². The average Bonchev–Trinajstić information content (AvgIpc) is 2.74. The number of nitrogens with one attached hydrogen (secondary N) is 2. The molecule has 0 bridgehead atoms. The van der Waals surface area contributed by atoms with Crippen LogP contribution < -0.4 is 15.4 Å². The Hall–Kier alpha value is -3.60. The Morgan fingerprint density at radius 1 is 0.714 bits per heavy atom. The number of carbonyl (C=O) groups is 2. The highest BCUT2D eigenvalue weighted by molar-refractivity contribution is 6.39. The molecule has 5 heteroatoms. The lowest BCUT2D eigenvalue weighted by Crippen LogP contribution is -2.36. The summed E-state index contributed by atoms with van der Waals surface area (Å²) >= 11 is 0. The summed E-state index contributed by atoms with van der Waals surface area (Å²) in [6.07, 6.45) is 0.674.